The average molecular weight is 202 g/mol. The molecule has 0 aliphatic rings. The SMILES string of the molecule is COc1ccc([NH])cc1S(=O)(=O)O. The summed E-state index contributed by atoms with van der Waals surface area (Å²) >= 11 is 0. The molecular formula is C7H8NO4S. The van der Waals surface area contributed by atoms with E-state index in [0.29, 0.717) is 0 Å². The molecule has 0 saturated heterocycles. The van der Waals surface area contributed by atoms with Crippen LogP contribution in [0.1, 0.15) is 0 Å². The van der Waals surface area contributed by atoms with E-state index in [0.717, 1.165) is 6.07 Å². The molecular weight excluding hydrogens is 194 g/mol. The van der Waals surface area contributed by atoms with E-state index in [1.54, 1.807) is 0 Å². The minimum absolute atomic E-state index is 0.00609. The lowest BCUT2D eigenvalue weighted by atomic mass is 10.3. The summed E-state index contributed by atoms with van der Waals surface area (Å²) in [6.45, 7) is 0. The van der Waals surface area contributed by atoms with Gasteiger partial charge in [0.2, 0.25) is 0 Å². The third kappa shape index (κ3) is 2.10. The Morgan fingerprint density at radius 2 is 2.08 bits per heavy atom. The third-order valence-electron chi connectivity index (χ3n) is 1.44. The van der Waals surface area contributed by atoms with Crippen LogP contribution in [-0.4, -0.2) is 20.1 Å². The van der Waals surface area contributed by atoms with Gasteiger partial charge >= 0.3 is 0 Å². The van der Waals surface area contributed by atoms with Crippen molar-refractivity contribution in [1.82, 2.24) is 5.73 Å². The summed E-state index contributed by atoms with van der Waals surface area (Å²) in [5.74, 6) is 0.0264. The van der Waals surface area contributed by atoms with Gasteiger partial charge in [-0.05, 0) is 18.2 Å². The van der Waals surface area contributed by atoms with Crippen LogP contribution < -0.4 is 10.5 Å². The van der Waals surface area contributed by atoms with E-state index in [1.165, 1.54) is 19.2 Å². The molecule has 2 N–H and O–H groups in total. The molecule has 0 aliphatic heterocycles. The first kappa shape index (κ1) is 9.82. The molecule has 0 saturated carbocycles. The highest BCUT2D eigenvalue weighted by atomic mass is 32.2. The fraction of sp³-hybridized carbons (Fsp3) is 0.143. The summed E-state index contributed by atoms with van der Waals surface area (Å²) in [6.07, 6.45) is 0. The van der Waals surface area contributed by atoms with Crippen LogP contribution in [0.4, 0.5) is 5.69 Å². The molecule has 0 unspecified atom stereocenters. The van der Waals surface area contributed by atoms with Crippen LogP contribution in [0, 0.1) is 0 Å². The van der Waals surface area contributed by atoms with E-state index in [9.17, 15) is 8.42 Å². The summed E-state index contributed by atoms with van der Waals surface area (Å²) in [7, 11) is -3.03. The van der Waals surface area contributed by atoms with Crippen LogP contribution in [0.2, 0.25) is 0 Å². The predicted octanol–water partition coefficient (Wildman–Crippen LogP) is 0.856. The fourth-order valence-corrected chi connectivity index (χ4v) is 1.56. The maximum atomic E-state index is 10.8. The Bertz CT molecular complexity index is 413. The molecule has 1 aromatic carbocycles. The van der Waals surface area contributed by atoms with Gasteiger partial charge in [-0.15, -0.1) is 0 Å². The lowest BCUT2D eigenvalue weighted by molar-refractivity contribution is 0.397. The van der Waals surface area contributed by atoms with E-state index in [2.05, 4.69) is 0 Å². The number of nitrogens with one attached hydrogen (secondary N) is 1. The second-order valence-corrected chi connectivity index (χ2v) is 3.73. The molecule has 1 rings (SSSR count). The molecule has 0 fully saturated rings. The normalized spacial score (nSPS) is 11.2. The van der Waals surface area contributed by atoms with Crippen molar-refractivity contribution in [3.63, 3.8) is 0 Å². The summed E-state index contributed by atoms with van der Waals surface area (Å²) in [6, 6.07) is 3.70. The Hall–Kier alpha value is -1.27. The van der Waals surface area contributed by atoms with Crippen molar-refractivity contribution >= 4 is 15.8 Å². The van der Waals surface area contributed by atoms with Crippen molar-refractivity contribution in [3.8, 4) is 5.75 Å². The van der Waals surface area contributed by atoms with Gasteiger partial charge in [-0.3, -0.25) is 4.55 Å². The summed E-state index contributed by atoms with van der Waals surface area (Å²) in [5.41, 5.74) is 7.15. The molecule has 0 atom stereocenters. The van der Waals surface area contributed by atoms with E-state index >= 15 is 0 Å². The first-order chi connectivity index (χ1) is 5.95. The maximum Gasteiger partial charge on any atom is 0.298 e. The Morgan fingerprint density at radius 1 is 1.46 bits per heavy atom. The van der Waals surface area contributed by atoms with Gasteiger partial charge < -0.3 is 10.5 Å². The van der Waals surface area contributed by atoms with Crippen molar-refractivity contribution in [2.75, 3.05) is 7.11 Å². The first-order valence-electron chi connectivity index (χ1n) is 3.32. The van der Waals surface area contributed by atoms with Crippen molar-refractivity contribution in [2.45, 2.75) is 4.90 Å². The zero-order valence-corrected chi connectivity index (χ0v) is 7.63. The molecule has 0 aliphatic carbocycles. The highest BCUT2D eigenvalue weighted by Gasteiger charge is 2.16. The molecule has 0 bridgehead atoms. The monoisotopic (exact) mass is 202 g/mol. The maximum absolute atomic E-state index is 10.8. The van der Waals surface area contributed by atoms with E-state index in [4.69, 9.17) is 15.0 Å². The van der Waals surface area contributed by atoms with Gasteiger partial charge in [0.15, 0.2) is 0 Å². The van der Waals surface area contributed by atoms with Crippen LogP contribution in [-0.2, 0) is 10.1 Å². The number of methoxy groups -OCH3 is 1. The zero-order chi connectivity index (χ0) is 10.1. The number of rotatable bonds is 2. The molecule has 13 heavy (non-hydrogen) atoms. The van der Waals surface area contributed by atoms with Gasteiger partial charge in [0.1, 0.15) is 10.6 Å². The molecule has 1 aromatic rings. The fourth-order valence-electron chi connectivity index (χ4n) is 0.878. The molecule has 0 heterocycles. The first-order valence-corrected chi connectivity index (χ1v) is 4.76. The second kappa shape index (κ2) is 3.23. The Balaban J connectivity index is 3.41. The zero-order valence-electron chi connectivity index (χ0n) is 6.81. The number of hydrogen-bond acceptors (Lipinski definition) is 3. The van der Waals surface area contributed by atoms with Gasteiger partial charge in [-0.1, -0.05) is 0 Å². The highest BCUT2D eigenvalue weighted by Crippen LogP contribution is 2.25. The summed E-state index contributed by atoms with van der Waals surface area (Å²) in [5, 5.41) is 0. The standard InChI is InChI=1S/C7H8NO4S/c1-12-6-3-2-5(8)4-7(6)13(9,10)11/h2-4,8H,1H3,(H,9,10,11). The van der Waals surface area contributed by atoms with E-state index in [-0.39, 0.29) is 16.3 Å². The predicted molar refractivity (Wildman–Crippen MR) is 45.6 cm³/mol. The molecule has 0 amide bonds. The third-order valence-corrected chi connectivity index (χ3v) is 2.32. The minimum atomic E-state index is -4.31. The number of ether oxygens (including phenoxy) is 1. The summed E-state index contributed by atoms with van der Waals surface area (Å²) in [4.78, 5) is -0.387. The van der Waals surface area contributed by atoms with E-state index < -0.39 is 10.1 Å². The smallest absolute Gasteiger partial charge is 0.298 e. The van der Waals surface area contributed by atoms with Crippen LogP contribution in [0.3, 0.4) is 0 Å². The van der Waals surface area contributed by atoms with Gasteiger partial charge in [-0.25, -0.2) is 0 Å². The number of benzene rings is 1. The highest BCUT2D eigenvalue weighted by molar-refractivity contribution is 7.86. The van der Waals surface area contributed by atoms with Gasteiger partial charge in [0, 0.05) is 0 Å². The molecule has 71 valence electrons. The summed E-state index contributed by atoms with van der Waals surface area (Å²) < 4.78 is 35.0. The molecule has 0 spiro atoms. The molecule has 1 radical (unpaired) electrons. The minimum Gasteiger partial charge on any atom is -0.495 e. The van der Waals surface area contributed by atoms with Crippen LogP contribution >= 0.6 is 0 Å². The lowest BCUT2D eigenvalue weighted by Crippen LogP contribution is -2.01. The van der Waals surface area contributed by atoms with E-state index in [1.807, 2.05) is 0 Å². The van der Waals surface area contributed by atoms with Gasteiger partial charge in [-0.2, -0.15) is 8.42 Å². The average Bonchev–Trinajstić information content (AvgIpc) is 2.03. The van der Waals surface area contributed by atoms with Crippen molar-refractivity contribution in [2.24, 2.45) is 0 Å². The van der Waals surface area contributed by atoms with Crippen molar-refractivity contribution < 1.29 is 17.7 Å². The number of hydrogen-bond donors (Lipinski definition) is 1. The Labute approximate surface area is 75.9 Å². The molecule has 0 aromatic heterocycles. The molecule has 5 nitrogen and oxygen atoms in total. The Morgan fingerprint density at radius 3 is 2.54 bits per heavy atom. The van der Waals surface area contributed by atoms with Crippen LogP contribution in [0.25, 0.3) is 0 Å². The lowest BCUT2D eigenvalue weighted by Gasteiger charge is -2.05. The largest absolute Gasteiger partial charge is 0.495 e. The van der Waals surface area contributed by atoms with Gasteiger partial charge in [0.25, 0.3) is 10.1 Å². The van der Waals surface area contributed by atoms with Gasteiger partial charge in [0.05, 0.1) is 12.8 Å². The van der Waals surface area contributed by atoms with Crippen LogP contribution in [0.5, 0.6) is 5.75 Å². The quantitative estimate of drug-likeness (QED) is 0.720. The topological polar surface area (TPSA) is 87.4 Å². The van der Waals surface area contributed by atoms with Crippen molar-refractivity contribution in [1.29, 1.82) is 0 Å². The second-order valence-electron chi connectivity index (χ2n) is 2.34. The van der Waals surface area contributed by atoms with Crippen molar-refractivity contribution in [3.05, 3.63) is 18.2 Å². The molecule has 6 heteroatoms. The Kier molecular flexibility index (Phi) is 2.44. The van der Waals surface area contributed by atoms with Crippen LogP contribution in [0.15, 0.2) is 23.1 Å².